The molecule has 0 spiro atoms. The molecule has 0 aliphatic carbocycles. The number of halogens is 1. The SMILES string of the molecule is CCn1cnnc1CNc1ccc(C(N)=S)cc1Cl. The maximum atomic E-state index is 6.17. The molecule has 0 saturated carbocycles. The van der Waals surface area contributed by atoms with Crippen LogP contribution in [0.4, 0.5) is 5.69 Å². The molecule has 0 aliphatic heterocycles. The normalized spacial score (nSPS) is 10.4. The van der Waals surface area contributed by atoms with E-state index in [0.29, 0.717) is 16.6 Å². The topological polar surface area (TPSA) is 68.8 Å². The van der Waals surface area contributed by atoms with E-state index in [-0.39, 0.29) is 0 Å². The van der Waals surface area contributed by atoms with E-state index in [1.807, 2.05) is 23.6 Å². The number of aromatic nitrogens is 3. The predicted octanol–water partition coefficient (Wildman–Crippen LogP) is 2.20. The minimum Gasteiger partial charge on any atom is -0.389 e. The molecule has 2 rings (SSSR count). The van der Waals surface area contributed by atoms with Gasteiger partial charge in [0.2, 0.25) is 0 Å². The third-order valence-electron chi connectivity index (χ3n) is 2.73. The molecule has 1 aromatic heterocycles. The van der Waals surface area contributed by atoms with Crippen LogP contribution in [0.3, 0.4) is 0 Å². The Kier molecular flexibility index (Phi) is 4.34. The molecule has 3 N–H and O–H groups in total. The summed E-state index contributed by atoms with van der Waals surface area (Å²) >= 11 is 11.1. The first-order valence-corrected chi connectivity index (χ1v) is 6.60. The van der Waals surface area contributed by atoms with Gasteiger partial charge in [0.1, 0.15) is 11.3 Å². The Labute approximate surface area is 121 Å². The number of nitrogens with two attached hydrogens (primary N) is 1. The van der Waals surface area contributed by atoms with Crippen LogP contribution in [0.15, 0.2) is 24.5 Å². The molecule has 0 radical (unpaired) electrons. The van der Waals surface area contributed by atoms with Crippen molar-refractivity contribution in [3.05, 3.63) is 40.9 Å². The summed E-state index contributed by atoms with van der Waals surface area (Å²) in [6.07, 6.45) is 1.70. The summed E-state index contributed by atoms with van der Waals surface area (Å²) < 4.78 is 1.96. The average molecular weight is 296 g/mol. The Morgan fingerprint density at radius 2 is 2.32 bits per heavy atom. The van der Waals surface area contributed by atoms with Crippen LogP contribution in [0.1, 0.15) is 18.3 Å². The van der Waals surface area contributed by atoms with Crippen molar-refractivity contribution in [1.29, 1.82) is 0 Å². The van der Waals surface area contributed by atoms with E-state index in [4.69, 9.17) is 29.6 Å². The molecule has 0 aliphatic rings. The molecule has 0 bridgehead atoms. The van der Waals surface area contributed by atoms with E-state index in [1.54, 1.807) is 12.4 Å². The highest BCUT2D eigenvalue weighted by molar-refractivity contribution is 7.80. The van der Waals surface area contributed by atoms with E-state index in [9.17, 15) is 0 Å². The summed E-state index contributed by atoms with van der Waals surface area (Å²) in [5, 5.41) is 11.7. The van der Waals surface area contributed by atoms with Gasteiger partial charge in [-0.3, -0.25) is 0 Å². The van der Waals surface area contributed by atoms with E-state index in [1.165, 1.54) is 0 Å². The zero-order valence-corrected chi connectivity index (χ0v) is 12.0. The van der Waals surface area contributed by atoms with Crippen molar-refractivity contribution >= 4 is 34.5 Å². The number of benzene rings is 1. The second-order valence-electron chi connectivity index (χ2n) is 3.95. The lowest BCUT2D eigenvalue weighted by atomic mass is 10.2. The highest BCUT2D eigenvalue weighted by Crippen LogP contribution is 2.23. The van der Waals surface area contributed by atoms with Crippen LogP contribution in [0.25, 0.3) is 0 Å². The van der Waals surface area contributed by atoms with Gasteiger partial charge in [0.15, 0.2) is 5.82 Å². The molecular weight excluding hydrogens is 282 g/mol. The Morgan fingerprint density at radius 1 is 1.53 bits per heavy atom. The van der Waals surface area contributed by atoms with Crippen LogP contribution in [-0.4, -0.2) is 19.8 Å². The van der Waals surface area contributed by atoms with Crippen molar-refractivity contribution in [2.75, 3.05) is 5.32 Å². The smallest absolute Gasteiger partial charge is 0.152 e. The Balaban J connectivity index is 2.10. The molecule has 0 unspecified atom stereocenters. The molecular formula is C12H14ClN5S. The van der Waals surface area contributed by atoms with Gasteiger partial charge in [-0.1, -0.05) is 23.8 Å². The second-order valence-corrected chi connectivity index (χ2v) is 4.79. The maximum Gasteiger partial charge on any atom is 0.152 e. The fourth-order valence-electron chi connectivity index (χ4n) is 1.67. The standard InChI is InChI=1S/C12H14ClN5S/c1-2-18-7-16-17-11(18)6-15-10-4-3-8(12(14)19)5-9(10)13/h3-5,7,15H,2,6H2,1H3,(H2,14,19). The summed E-state index contributed by atoms with van der Waals surface area (Å²) in [5.74, 6) is 0.858. The molecule has 5 nitrogen and oxygen atoms in total. The number of nitrogens with zero attached hydrogens (tertiary/aromatic N) is 3. The second kappa shape index (κ2) is 5.99. The summed E-state index contributed by atoms with van der Waals surface area (Å²) in [7, 11) is 0. The van der Waals surface area contributed by atoms with Gasteiger partial charge in [-0.2, -0.15) is 0 Å². The molecule has 19 heavy (non-hydrogen) atoms. The van der Waals surface area contributed by atoms with Crippen LogP contribution in [0.5, 0.6) is 0 Å². The average Bonchev–Trinajstić information content (AvgIpc) is 2.84. The van der Waals surface area contributed by atoms with Crippen LogP contribution in [0.2, 0.25) is 5.02 Å². The quantitative estimate of drug-likeness (QED) is 0.828. The molecule has 0 saturated heterocycles. The summed E-state index contributed by atoms with van der Waals surface area (Å²) in [6.45, 7) is 3.43. The number of hydrogen-bond acceptors (Lipinski definition) is 4. The van der Waals surface area contributed by atoms with Gasteiger partial charge in [-0.25, -0.2) is 0 Å². The fraction of sp³-hybridized carbons (Fsp3) is 0.250. The highest BCUT2D eigenvalue weighted by atomic mass is 35.5. The van der Waals surface area contributed by atoms with Crippen LogP contribution < -0.4 is 11.1 Å². The Morgan fingerprint density at radius 3 is 2.95 bits per heavy atom. The molecule has 7 heteroatoms. The monoisotopic (exact) mass is 295 g/mol. The Bertz CT molecular complexity index is 596. The summed E-state index contributed by atoms with van der Waals surface area (Å²) in [6, 6.07) is 5.43. The number of thiocarbonyl (C=S) groups is 1. The number of anilines is 1. The van der Waals surface area contributed by atoms with Gasteiger partial charge in [0.05, 0.1) is 17.3 Å². The minimum atomic E-state index is 0.333. The van der Waals surface area contributed by atoms with Crippen molar-refractivity contribution in [3.63, 3.8) is 0 Å². The molecule has 1 aromatic carbocycles. The van der Waals surface area contributed by atoms with Crippen LogP contribution in [-0.2, 0) is 13.1 Å². The fourth-order valence-corrected chi connectivity index (χ4v) is 2.04. The van der Waals surface area contributed by atoms with Gasteiger partial charge in [0.25, 0.3) is 0 Å². The third-order valence-corrected chi connectivity index (χ3v) is 3.28. The number of hydrogen-bond donors (Lipinski definition) is 2. The minimum absolute atomic E-state index is 0.333. The highest BCUT2D eigenvalue weighted by Gasteiger charge is 2.06. The zero-order chi connectivity index (χ0) is 13.8. The van der Waals surface area contributed by atoms with Gasteiger partial charge in [-0.15, -0.1) is 10.2 Å². The maximum absolute atomic E-state index is 6.17. The third kappa shape index (κ3) is 3.21. The number of rotatable bonds is 5. The van der Waals surface area contributed by atoms with Crippen molar-refractivity contribution in [2.24, 2.45) is 5.73 Å². The van der Waals surface area contributed by atoms with Crippen LogP contribution in [0, 0.1) is 0 Å². The van der Waals surface area contributed by atoms with Crippen molar-refractivity contribution < 1.29 is 0 Å². The van der Waals surface area contributed by atoms with Gasteiger partial charge >= 0.3 is 0 Å². The molecule has 0 fully saturated rings. The van der Waals surface area contributed by atoms with Gasteiger partial charge in [0, 0.05) is 12.1 Å². The number of nitrogens with one attached hydrogen (secondary N) is 1. The zero-order valence-electron chi connectivity index (χ0n) is 10.4. The molecule has 1 heterocycles. The lowest BCUT2D eigenvalue weighted by molar-refractivity contribution is 0.708. The van der Waals surface area contributed by atoms with Gasteiger partial charge < -0.3 is 15.6 Å². The first-order chi connectivity index (χ1) is 9.11. The Hall–Kier alpha value is -1.66. The lowest BCUT2D eigenvalue weighted by Gasteiger charge is -2.09. The van der Waals surface area contributed by atoms with Crippen LogP contribution >= 0.6 is 23.8 Å². The predicted molar refractivity (Wildman–Crippen MR) is 80.4 cm³/mol. The van der Waals surface area contributed by atoms with Crippen molar-refractivity contribution in [1.82, 2.24) is 14.8 Å². The van der Waals surface area contributed by atoms with Crippen molar-refractivity contribution in [2.45, 2.75) is 20.0 Å². The van der Waals surface area contributed by atoms with Gasteiger partial charge in [-0.05, 0) is 25.1 Å². The van der Waals surface area contributed by atoms with E-state index < -0.39 is 0 Å². The van der Waals surface area contributed by atoms with E-state index >= 15 is 0 Å². The molecule has 100 valence electrons. The summed E-state index contributed by atoms with van der Waals surface area (Å²) in [5.41, 5.74) is 7.12. The lowest BCUT2D eigenvalue weighted by Crippen LogP contribution is -2.10. The number of aryl methyl sites for hydroxylation is 1. The van der Waals surface area contributed by atoms with Crippen molar-refractivity contribution in [3.8, 4) is 0 Å². The molecule has 2 aromatic rings. The molecule has 0 amide bonds. The first kappa shape index (κ1) is 13.8. The summed E-state index contributed by atoms with van der Waals surface area (Å²) in [4.78, 5) is 0.333. The largest absolute Gasteiger partial charge is 0.389 e. The first-order valence-electron chi connectivity index (χ1n) is 5.81. The molecule has 0 atom stereocenters. The van der Waals surface area contributed by atoms with E-state index in [2.05, 4.69) is 15.5 Å². The van der Waals surface area contributed by atoms with E-state index in [0.717, 1.165) is 23.6 Å².